The molecule has 0 N–H and O–H groups in total. The van der Waals surface area contributed by atoms with Crippen molar-refractivity contribution in [3.8, 4) is 0 Å². The first-order valence-electron chi connectivity index (χ1n) is 9.68. The number of alkyl halides is 2. The minimum absolute atomic E-state index is 0.547. The molecule has 1 heterocycles. The van der Waals surface area contributed by atoms with Gasteiger partial charge in [-0.25, -0.2) is 4.39 Å². The number of carbonyl (C=O) groups excluding carboxylic acids is 4. The summed E-state index contributed by atoms with van der Waals surface area (Å²) in [7, 11) is 0. The number of ether oxygens (including phenoxy) is 5. The van der Waals surface area contributed by atoms with E-state index in [2.05, 4.69) is 0 Å². The summed E-state index contributed by atoms with van der Waals surface area (Å²) in [6, 6.07) is 0. The van der Waals surface area contributed by atoms with Crippen molar-refractivity contribution >= 4 is 35.5 Å². The zero-order valence-corrected chi connectivity index (χ0v) is 19.5. The van der Waals surface area contributed by atoms with Crippen molar-refractivity contribution in [2.75, 3.05) is 12.5 Å². The molecule has 0 saturated carbocycles. The van der Waals surface area contributed by atoms with E-state index in [1.165, 1.54) is 0 Å². The Kier molecular flexibility index (Phi) is 9.25. The van der Waals surface area contributed by atoms with Crippen molar-refractivity contribution in [3.63, 3.8) is 0 Å². The first-order chi connectivity index (χ1) is 14.1. The quantitative estimate of drug-likeness (QED) is 0.329. The van der Waals surface area contributed by atoms with E-state index in [1.54, 1.807) is 41.5 Å². The van der Waals surface area contributed by atoms with Crippen LogP contribution in [0.2, 0.25) is 0 Å². The third kappa shape index (κ3) is 7.92. The largest absolute Gasteiger partial charge is 0.462 e. The van der Waals surface area contributed by atoms with Crippen molar-refractivity contribution in [2.24, 2.45) is 10.8 Å². The Morgan fingerprint density at radius 1 is 0.903 bits per heavy atom. The number of carbonyl (C=O) groups is 4. The maximum Gasteiger partial charge on any atom is 0.321 e. The summed E-state index contributed by atoms with van der Waals surface area (Å²) in [5, 5.41) is 0. The molecule has 0 aromatic rings. The molecular formula is C20H30ClFO9. The van der Waals surface area contributed by atoms with Gasteiger partial charge in [-0.15, -0.1) is 11.6 Å². The fraction of sp³-hybridized carbons (Fsp3) is 0.800. The topological polar surface area (TPSA) is 114 Å². The number of hydrogen-bond acceptors (Lipinski definition) is 9. The van der Waals surface area contributed by atoms with E-state index in [1.807, 2.05) is 0 Å². The fourth-order valence-corrected chi connectivity index (χ4v) is 2.44. The van der Waals surface area contributed by atoms with Crippen LogP contribution in [-0.2, 0) is 42.9 Å². The van der Waals surface area contributed by atoms with Gasteiger partial charge in [0.1, 0.15) is 18.6 Å². The molecule has 5 atom stereocenters. The van der Waals surface area contributed by atoms with E-state index in [4.69, 9.17) is 35.3 Å². The Hall–Kier alpha value is -1.94. The zero-order valence-electron chi connectivity index (χ0n) is 18.7. The average molecular weight is 469 g/mol. The first-order valence-corrected chi connectivity index (χ1v) is 10.2. The number of esters is 4. The monoisotopic (exact) mass is 468 g/mol. The molecule has 2 unspecified atom stereocenters. The number of rotatable bonds is 6. The van der Waals surface area contributed by atoms with E-state index >= 15 is 4.39 Å². The number of halogens is 2. The molecule has 1 aliphatic heterocycles. The lowest BCUT2D eigenvalue weighted by molar-refractivity contribution is -0.290. The van der Waals surface area contributed by atoms with Gasteiger partial charge in [-0.2, -0.15) is 0 Å². The lowest BCUT2D eigenvalue weighted by Gasteiger charge is -2.42. The first kappa shape index (κ1) is 27.1. The highest BCUT2D eigenvalue weighted by atomic mass is 35.5. The average Bonchev–Trinajstić information content (AvgIpc) is 2.62. The predicted molar refractivity (Wildman–Crippen MR) is 106 cm³/mol. The highest BCUT2D eigenvalue weighted by Gasteiger charge is 2.53. The van der Waals surface area contributed by atoms with Crippen LogP contribution in [0.25, 0.3) is 0 Å². The van der Waals surface area contributed by atoms with E-state index in [0.29, 0.717) is 0 Å². The summed E-state index contributed by atoms with van der Waals surface area (Å²) in [5.41, 5.74) is -1.86. The molecule has 0 aromatic carbocycles. The maximum atomic E-state index is 15.4. The molecule has 0 bridgehead atoms. The van der Waals surface area contributed by atoms with E-state index < -0.39 is 78.0 Å². The van der Waals surface area contributed by atoms with Crippen LogP contribution in [-0.4, -0.2) is 67.1 Å². The van der Waals surface area contributed by atoms with Gasteiger partial charge in [-0.1, -0.05) is 0 Å². The van der Waals surface area contributed by atoms with Gasteiger partial charge in [-0.3, -0.25) is 19.2 Å². The Morgan fingerprint density at radius 3 is 1.90 bits per heavy atom. The second-order valence-electron chi connectivity index (χ2n) is 9.15. The minimum Gasteiger partial charge on any atom is -0.462 e. The van der Waals surface area contributed by atoms with Gasteiger partial charge in [0.2, 0.25) is 12.4 Å². The van der Waals surface area contributed by atoms with E-state index in [0.717, 1.165) is 6.92 Å². The van der Waals surface area contributed by atoms with E-state index in [9.17, 15) is 19.2 Å². The van der Waals surface area contributed by atoms with Gasteiger partial charge in [0.15, 0.2) is 12.3 Å². The van der Waals surface area contributed by atoms with Gasteiger partial charge in [0.25, 0.3) is 0 Å². The van der Waals surface area contributed by atoms with Crippen LogP contribution in [0.15, 0.2) is 0 Å². The second kappa shape index (κ2) is 10.6. The SMILES string of the molecule is CC(=O)OC1OC(COC(=O)C(C)(C)C)[C@H](F)[C@H](OC(=O)C(C)(C)C)[C@H]1OC(=O)CCl. The molecule has 0 aromatic heterocycles. The molecule has 0 amide bonds. The molecule has 31 heavy (non-hydrogen) atoms. The summed E-state index contributed by atoms with van der Waals surface area (Å²) < 4.78 is 41.3. The van der Waals surface area contributed by atoms with E-state index in [-0.39, 0.29) is 0 Å². The Bertz CT molecular complexity index is 683. The molecule has 178 valence electrons. The summed E-state index contributed by atoms with van der Waals surface area (Å²) in [6.07, 6.45) is -8.47. The van der Waals surface area contributed by atoms with Gasteiger partial charge < -0.3 is 23.7 Å². The molecule has 9 nitrogen and oxygen atoms in total. The maximum absolute atomic E-state index is 15.4. The van der Waals surface area contributed by atoms with Crippen LogP contribution in [0, 0.1) is 10.8 Å². The van der Waals surface area contributed by atoms with Crippen LogP contribution in [0.3, 0.4) is 0 Å². The van der Waals surface area contributed by atoms with Gasteiger partial charge >= 0.3 is 23.9 Å². The zero-order chi connectivity index (χ0) is 24.1. The van der Waals surface area contributed by atoms with Crippen LogP contribution in [0.5, 0.6) is 0 Å². The van der Waals surface area contributed by atoms with Crippen molar-refractivity contribution in [2.45, 2.75) is 79.2 Å². The lowest BCUT2D eigenvalue weighted by atomic mass is 9.95. The molecule has 11 heteroatoms. The molecule has 1 aliphatic rings. The Morgan fingerprint density at radius 2 is 1.45 bits per heavy atom. The molecule has 1 saturated heterocycles. The van der Waals surface area contributed by atoms with Gasteiger partial charge in [-0.05, 0) is 41.5 Å². The molecule has 0 aliphatic carbocycles. The summed E-state index contributed by atoms with van der Waals surface area (Å²) in [6.45, 7) is 10.0. The summed E-state index contributed by atoms with van der Waals surface area (Å²) in [4.78, 5) is 47.8. The van der Waals surface area contributed by atoms with Crippen LogP contribution >= 0.6 is 11.6 Å². The normalized spacial score (nSPS) is 26.5. The molecule has 1 fully saturated rings. The molecular weight excluding hydrogens is 439 g/mol. The highest BCUT2D eigenvalue weighted by molar-refractivity contribution is 6.26. The minimum atomic E-state index is -2.07. The molecule has 0 spiro atoms. The van der Waals surface area contributed by atoms with Crippen LogP contribution < -0.4 is 0 Å². The van der Waals surface area contributed by atoms with Crippen LogP contribution in [0.1, 0.15) is 48.5 Å². The third-order valence-corrected chi connectivity index (χ3v) is 4.29. The fourth-order valence-electron chi connectivity index (χ4n) is 2.37. The third-order valence-electron chi connectivity index (χ3n) is 4.08. The smallest absolute Gasteiger partial charge is 0.321 e. The van der Waals surface area contributed by atoms with Gasteiger partial charge in [0.05, 0.1) is 10.8 Å². The van der Waals surface area contributed by atoms with Gasteiger partial charge in [0, 0.05) is 6.92 Å². The Labute approximate surface area is 185 Å². The predicted octanol–water partition coefficient (Wildman–Crippen LogP) is 2.31. The van der Waals surface area contributed by atoms with Crippen LogP contribution in [0.4, 0.5) is 4.39 Å². The lowest BCUT2D eigenvalue weighted by Crippen LogP contribution is -2.61. The van der Waals surface area contributed by atoms with Crippen molar-refractivity contribution < 1.29 is 47.3 Å². The molecule has 0 radical (unpaired) electrons. The van der Waals surface area contributed by atoms with Crippen molar-refractivity contribution in [1.82, 2.24) is 0 Å². The Balaban J connectivity index is 3.22. The number of hydrogen-bond donors (Lipinski definition) is 0. The van der Waals surface area contributed by atoms with Crippen molar-refractivity contribution in [3.05, 3.63) is 0 Å². The second-order valence-corrected chi connectivity index (χ2v) is 9.42. The molecule has 1 rings (SSSR count). The standard InChI is InChI=1S/C20H30ClFO9/c1-10(23)28-16-15(30-12(24)8-21)14(31-18(26)20(5,6)7)13(22)11(29-16)9-27-17(25)19(2,3)4/h11,13-16H,8-9H2,1-7H3/t11?,13-,14-,15+,16?/m0/s1. The summed E-state index contributed by atoms with van der Waals surface area (Å²) >= 11 is 5.46. The van der Waals surface area contributed by atoms with Crippen molar-refractivity contribution in [1.29, 1.82) is 0 Å². The highest BCUT2D eigenvalue weighted by Crippen LogP contribution is 2.32. The summed E-state index contributed by atoms with van der Waals surface area (Å²) in [5.74, 6) is -3.77.